The van der Waals surface area contributed by atoms with E-state index in [9.17, 15) is 22.8 Å². The predicted octanol–water partition coefficient (Wildman–Crippen LogP) is 4.39. The first-order valence-corrected chi connectivity index (χ1v) is 11.0. The van der Waals surface area contributed by atoms with Gasteiger partial charge >= 0.3 is 6.18 Å². The number of alkyl halides is 3. The number of amides is 2. The number of carbonyl (C=O) groups excluding carboxylic acids is 2. The van der Waals surface area contributed by atoms with Crippen LogP contribution < -0.4 is 10.6 Å². The molecule has 1 aromatic heterocycles. The van der Waals surface area contributed by atoms with Crippen molar-refractivity contribution in [2.24, 2.45) is 18.9 Å². The summed E-state index contributed by atoms with van der Waals surface area (Å²) in [4.78, 5) is 24.8. The van der Waals surface area contributed by atoms with Crippen molar-refractivity contribution in [3.05, 3.63) is 24.0 Å². The summed E-state index contributed by atoms with van der Waals surface area (Å²) < 4.78 is 41.9. The molecular weight excluding hydrogens is 395 g/mol. The van der Waals surface area contributed by atoms with Crippen LogP contribution in [0.15, 0.2) is 18.5 Å². The van der Waals surface area contributed by atoms with Gasteiger partial charge in [-0.15, -0.1) is 0 Å². The van der Waals surface area contributed by atoms with Crippen LogP contribution in [0.5, 0.6) is 0 Å². The fourth-order valence-corrected chi connectivity index (χ4v) is 4.75. The lowest BCUT2D eigenvalue weighted by Gasteiger charge is -2.30. The highest BCUT2D eigenvalue weighted by molar-refractivity contribution is 5.79. The van der Waals surface area contributed by atoms with Crippen LogP contribution in [0.25, 0.3) is 0 Å². The lowest BCUT2D eigenvalue weighted by molar-refractivity contribution is -0.165. The average molecular weight is 428 g/mol. The summed E-state index contributed by atoms with van der Waals surface area (Å²) in [6, 6.07) is -0.617. The van der Waals surface area contributed by atoms with Crippen molar-refractivity contribution in [2.75, 3.05) is 0 Å². The third kappa shape index (κ3) is 6.25. The highest BCUT2D eigenvalue weighted by Crippen LogP contribution is 2.34. The second kappa shape index (κ2) is 9.88. The first-order valence-electron chi connectivity index (χ1n) is 11.0. The number of aromatic nitrogens is 1. The molecule has 1 unspecified atom stereocenters. The standard InChI is InChI=1S/C22H32F3N3O2/c1-28-12-11-17(14-28)20(22(23,24)25)27-21(30)16-7-9-18(10-8-16)26-19(29)13-15-5-3-2-4-6-15/h11-12,14-16,18,20H,2-10,13H2,1H3,(H,26,29)(H,27,30). The Bertz CT molecular complexity index is 717. The average Bonchev–Trinajstić information content (AvgIpc) is 3.12. The number of nitrogens with zero attached hydrogens (tertiary/aromatic N) is 1. The van der Waals surface area contributed by atoms with Crippen LogP contribution in [0, 0.1) is 11.8 Å². The van der Waals surface area contributed by atoms with Gasteiger partial charge in [-0.25, -0.2) is 0 Å². The molecule has 0 saturated heterocycles. The van der Waals surface area contributed by atoms with Gasteiger partial charge in [-0.2, -0.15) is 13.2 Å². The van der Waals surface area contributed by atoms with Gasteiger partial charge in [0.1, 0.15) is 0 Å². The molecule has 1 atom stereocenters. The Kier molecular flexibility index (Phi) is 7.47. The summed E-state index contributed by atoms with van der Waals surface area (Å²) in [6.45, 7) is 0. The first kappa shape index (κ1) is 22.7. The normalized spacial score (nSPS) is 24.3. The smallest absolute Gasteiger partial charge is 0.357 e. The van der Waals surface area contributed by atoms with E-state index in [1.54, 1.807) is 7.05 Å². The largest absolute Gasteiger partial charge is 0.412 e. The number of rotatable bonds is 6. The summed E-state index contributed by atoms with van der Waals surface area (Å²) in [5.74, 6) is -0.479. The van der Waals surface area contributed by atoms with Crippen molar-refractivity contribution >= 4 is 11.8 Å². The van der Waals surface area contributed by atoms with Crippen LogP contribution >= 0.6 is 0 Å². The lowest BCUT2D eigenvalue weighted by Crippen LogP contribution is -2.44. The Balaban J connectivity index is 1.46. The highest BCUT2D eigenvalue weighted by atomic mass is 19.4. The predicted molar refractivity (Wildman–Crippen MR) is 107 cm³/mol. The van der Waals surface area contributed by atoms with E-state index in [-0.39, 0.29) is 17.5 Å². The monoisotopic (exact) mass is 427 g/mol. The van der Waals surface area contributed by atoms with Gasteiger partial charge < -0.3 is 15.2 Å². The molecular formula is C22H32F3N3O2. The molecule has 2 fully saturated rings. The van der Waals surface area contributed by atoms with E-state index >= 15 is 0 Å². The fourth-order valence-electron chi connectivity index (χ4n) is 4.75. The van der Waals surface area contributed by atoms with Crippen LogP contribution in [-0.4, -0.2) is 28.6 Å². The zero-order valence-electron chi connectivity index (χ0n) is 17.5. The molecule has 2 aliphatic carbocycles. The number of aryl methyl sites for hydroxylation is 1. The molecule has 2 N–H and O–H groups in total. The molecule has 0 aliphatic heterocycles. The van der Waals surface area contributed by atoms with E-state index in [4.69, 9.17) is 0 Å². The molecule has 3 rings (SSSR count). The van der Waals surface area contributed by atoms with Gasteiger partial charge in [-0.1, -0.05) is 19.3 Å². The molecule has 2 amide bonds. The maximum Gasteiger partial charge on any atom is 0.412 e. The second-order valence-corrected chi connectivity index (χ2v) is 8.92. The molecule has 1 heterocycles. The van der Waals surface area contributed by atoms with Crippen molar-refractivity contribution in [2.45, 2.75) is 82.5 Å². The highest BCUT2D eigenvalue weighted by Gasteiger charge is 2.43. The van der Waals surface area contributed by atoms with Crippen LogP contribution in [0.1, 0.15) is 75.8 Å². The van der Waals surface area contributed by atoms with Gasteiger partial charge in [0, 0.05) is 43.4 Å². The van der Waals surface area contributed by atoms with Gasteiger partial charge in [0.15, 0.2) is 6.04 Å². The van der Waals surface area contributed by atoms with Crippen LogP contribution in [-0.2, 0) is 16.6 Å². The topological polar surface area (TPSA) is 63.1 Å². The maximum atomic E-state index is 13.5. The molecule has 0 radical (unpaired) electrons. The van der Waals surface area contributed by atoms with E-state index in [0.29, 0.717) is 38.0 Å². The molecule has 0 spiro atoms. The Hall–Kier alpha value is -1.99. The van der Waals surface area contributed by atoms with Crippen molar-refractivity contribution in [3.8, 4) is 0 Å². The molecule has 5 nitrogen and oxygen atoms in total. The number of carbonyl (C=O) groups is 2. The van der Waals surface area contributed by atoms with Crippen molar-refractivity contribution in [3.63, 3.8) is 0 Å². The van der Waals surface area contributed by atoms with Gasteiger partial charge in [0.25, 0.3) is 0 Å². The van der Waals surface area contributed by atoms with E-state index < -0.39 is 24.0 Å². The molecule has 0 bridgehead atoms. The van der Waals surface area contributed by atoms with Gasteiger partial charge in [0.2, 0.25) is 11.8 Å². The molecule has 1 aromatic rings. The first-order chi connectivity index (χ1) is 14.2. The third-order valence-corrected chi connectivity index (χ3v) is 6.46. The van der Waals surface area contributed by atoms with Crippen molar-refractivity contribution < 1.29 is 22.8 Å². The molecule has 2 saturated carbocycles. The zero-order chi connectivity index (χ0) is 21.7. The van der Waals surface area contributed by atoms with E-state index in [0.717, 1.165) is 12.8 Å². The summed E-state index contributed by atoms with van der Waals surface area (Å²) in [5.41, 5.74) is 0.0296. The molecule has 30 heavy (non-hydrogen) atoms. The maximum absolute atomic E-state index is 13.5. The molecule has 2 aliphatic rings. The van der Waals surface area contributed by atoms with E-state index in [1.807, 2.05) is 0 Å². The molecule has 0 aromatic carbocycles. The number of hydrogen-bond donors (Lipinski definition) is 2. The van der Waals surface area contributed by atoms with Crippen LogP contribution in [0.2, 0.25) is 0 Å². The Morgan fingerprint density at radius 2 is 1.77 bits per heavy atom. The minimum atomic E-state index is -4.55. The number of halogens is 3. The third-order valence-electron chi connectivity index (χ3n) is 6.46. The van der Waals surface area contributed by atoms with E-state index in [2.05, 4.69) is 10.6 Å². The van der Waals surface area contributed by atoms with Crippen LogP contribution in [0.4, 0.5) is 13.2 Å². The molecule has 168 valence electrons. The number of hydrogen-bond acceptors (Lipinski definition) is 2. The van der Waals surface area contributed by atoms with Crippen molar-refractivity contribution in [1.29, 1.82) is 0 Å². The van der Waals surface area contributed by atoms with E-state index in [1.165, 1.54) is 42.3 Å². The summed E-state index contributed by atoms with van der Waals surface area (Å²) in [6.07, 6.45) is 6.99. The SMILES string of the molecule is Cn1ccc(C(NC(=O)C2CCC(NC(=O)CC3CCCCC3)CC2)C(F)(F)F)c1. The summed E-state index contributed by atoms with van der Waals surface area (Å²) in [7, 11) is 1.64. The minimum Gasteiger partial charge on any atom is -0.357 e. The van der Waals surface area contributed by atoms with Crippen LogP contribution in [0.3, 0.4) is 0 Å². The molecule has 8 heteroatoms. The summed E-state index contributed by atoms with van der Waals surface area (Å²) >= 11 is 0. The Labute approximate surface area is 175 Å². The fraction of sp³-hybridized carbons (Fsp3) is 0.727. The quantitative estimate of drug-likeness (QED) is 0.707. The lowest BCUT2D eigenvalue weighted by atomic mass is 9.84. The van der Waals surface area contributed by atoms with Gasteiger partial charge in [-0.05, 0) is 50.5 Å². The minimum absolute atomic E-state index is 0.0117. The summed E-state index contributed by atoms with van der Waals surface area (Å²) in [5, 5.41) is 5.27. The second-order valence-electron chi connectivity index (χ2n) is 8.92. The Morgan fingerprint density at radius 3 is 2.33 bits per heavy atom. The number of nitrogens with one attached hydrogen (secondary N) is 2. The van der Waals surface area contributed by atoms with Gasteiger partial charge in [0.05, 0.1) is 0 Å². The zero-order valence-corrected chi connectivity index (χ0v) is 17.5. The van der Waals surface area contributed by atoms with Crippen molar-refractivity contribution in [1.82, 2.24) is 15.2 Å². The van der Waals surface area contributed by atoms with Gasteiger partial charge in [-0.3, -0.25) is 9.59 Å². The Morgan fingerprint density at radius 1 is 1.10 bits per heavy atom.